The summed E-state index contributed by atoms with van der Waals surface area (Å²) in [4.78, 5) is 18.8. The zero-order valence-corrected chi connectivity index (χ0v) is 12.6. The van der Waals surface area contributed by atoms with Crippen LogP contribution in [0.1, 0.15) is 49.5 Å². The van der Waals surface area contributed by atoms with Gasteiger partial charge in [0, 0.05) is 43.0 Å². The van der Waals surface area contributed by atoms with Crippen LogP contribution in [0.5, 0.6) is 0 Å². The summed E-state index contributed by atoms with van der Waals surface area (Å²) in [5.74, 6) is 1.27. The van der Waals surface area contributed by atoms with E-state index in [1.165, 1.54) is 11.4 Å². The Morgan fingerprint density at radius 2 is 2.15 bits per heavy atom. The number of hydrogen-bond acceptors (Lipinski definition) is 4. The second-order valence-electron chi connectivity index (χ2n) is 6.08. The van der Waals surface area contributed by atoms with Crippen LogP contribution in [-0.4, -0.2) is 34.9 Å². The summed E-state index contributed by atoms with van der Waals surface area (Å²) in [5, 5.41) is 3.27. The predicted octanol–water partition coefficient (Wildman–Crippen LogP) is 2.37. The van der Waals surface area contributed by atoms with Gasteiger partial charge in [-0.3, -0.25) is 4.79 Å². The highest BCUT2D eigenvalue weighted by Gasteiger charge is 2.30. The molecule has 1 amide bonds. The van der Waals surface area contributed by atoms with Crippen LogP contribution in [0, 0.1) is 5.92 Å². The minimum absolute atomic E-state index is 0.242. The van der Waals surface area contributed by atoms with Crippen LogP contribution in [0.25, 0.3) is 0 Å². The molecular weight excluding hydrogens is 270 g/mol. The molecule has 0 unspecified atom stereocenters. The molecule has 2 aliphatic rings. The van der Waals surface area contributed by atoms with E-state index in [9.17, 15) is 4.79 Å². The van der Waals surface area contributed by atoms with Crippen LogP contribution in [0.15, 0.2) is 11.6 Å². The summed E-state index contributed by atoms with van der Waals surface area (Å²) >= 11 is 1.73. The zero-order valence-electron chi connectivity index (χ0n) is 11.8. The lowest BCUT2D eigenvalue weighted by molar-refractivity contribution is -0.133. The summed E-state index contributed by atoms with van der Waals surface area (Å²) in [6.45, 7) is 1.76. The van der Waals surface area contributed by atoms with Crippen LogP contribution in [0.4, 0.5) is 0 Å². The molecule has 5 heteroatoms. The number of amides is 1. The number of nitrogens with zero attached hydrogens (tertiary/aromatic N) is 2. The third-order valence-corrected chi connectivity index (χ3v) is 5.74. The van der Waals surface area contributed by atoms with Crippen molar-refractivity contribution in [3.8, 4) is 0 Å². The molecule has 1 aromatic rings. The van der Waals surface area contributed by atoms with Crippen molar-refractivity contribution in [2.75, 3.05) is 13.1 Å². The summed E-state index contributed by atoms with van der Waals surface area (Å²) in [7, 11) is 0. The average molecular weight is 293 g/mol. The van der Waals surface area contributed by atoms with Crippen molar-refractivity contribution in [1.82, 2.24) is 9.88 Å². The van der Waals surface area contributed by atoms with E-state index in [0.717, 1.165) is 38.8 Å². The number of carbonyl (C=O) groups is 1. The van der Waals surface area contributed by atoms with Crippen molar-refractivity contribution in [2.45, 2.75) is 50.5 Å². The Balaban J connectivity index is 1.49. The monoisotopic (exact) mass is 293 g/mol. The third-order valence-electron chi connectivity index (χ3n) is 4.80. The Morgan fingerprint density at radius 3 is 2.75 bits per heavy atom. The Bertz CT molecular complexity index is 440. The summed E-state index contributed by atoms with van der Waals surface area (Å²) in [6, 6.07) is 0.242. The standard InChI is InChI=1S/C15H23N3OS/c16-13-3-1-2-12(13)10-14(19)18-7-4-11(5-8-18)15-17-6-9-20-15/h6,9,11-13H,1-5,7-8,10,16H2/t12-,13+/m0/s1. The lowest BCUT2D eigenvalue weighted by Crippen LogP contribution is -2.40. The smallest absolute Gasteiger partial charge is 0.222 e. The van der Waals surface area contributed by atoms with Gasteiger partial charge in [-0.15, -0.1) is 11.3 Å². The van der Waals surface area contributed by atoms with Gasteiger partial charge < -0.3 is 10.6 Å². The zero-order chi connectivity index (χ0) is 13.9. The first-order chi connectivity index (χ1) is 9.74. The fourth-order valence-corrected chi connectivity index (χ4v) is 4.30. The number of aromatic nitrogens is 1. The first-order valence-corrected chi connectivity index (χ1v) is 8.54. The molecule has 2 heterocycles. The van der Waals surface area contributed by atoms with E-state index >= 15 is 0 Å². The second kappa shape index (κ2) is 6.22. The van der Waals surface area contributed by atoms with Crippen molar-refractivity contribution >= 4 is 17.2 Å². The Labute approximate surface area is 124 Å². The van der Waals surface area contributed by atoms with E-state index < -0.39 is 0 Å². The molecule has 2 fully saturated rings. The first kappa shape index (κ1) is 14.0. The van der Waals surface area contributed by atoms with E-state index in [0.29, 0.717) is 24.2 Å². The molecule has 1 saturated carbocycles. The van der Waals surface area contributed by atoms with Gasteiger partial charge in [-0.05, 0) is 31.6 Å². The van der Waals surface area contributed by atoms with Crippen LogP contribution in [-0.2, 0) is 4.79 Å². The van der Waals surface area contributed by atoms with Crippen LogP contribution < -0.4 is 5.73 Å². The number of hydrogen-bond donors (Lipinski definition) is 1. The van der Waals surface area contributed by atoms with E-state index in [2.05, 4.69) is 4.98 Å². The Kier molecular flexibility index (Phi) is 4.36. The number of likely N-dealkylation sites (tertiary alicyclic amines) is 1. The largest absolute Gasteiger partial charge is 0.343 e. The average Bonchev–Trinajstić information content (AvgIpc) is 3.12. The number of nitrogens with two attached hydrogens (primary N) is 1. The van der Waals surface area contributed by atoms with Gasteiger partial charge in [0.25, 0.3) is 0 Å². The molecule has 0 aromatic carbocycles. The van der Waals surface area contributed by atoms with Gasteiger partial charge in [-0.2, -0.15) is 0 Å². The normalized spacial score (nSPS) is 27.9. The molecule has 20 heavy (non-hydrogen) atoms. The number of piperidine rings is 1. The van der Waals surface area contributed by atoms with Gasteiger partial charge >= 0.3 is 0 Å². The number of thiazole rings is 1. The third kappa shape index (κ3) is 3.04. The quantitative estimate of drug-likeness (QED) is 0.930. The number of rotatable bonds is 3. The molecule has 2 N–H and O–H groups in total. The van der Waals surface area contributed by atoms with E-state index in [1.54, 1.807) is 11.3 Å². The minimum atomic E-state index is 0.242. The van der Waals surface area contributed by atoms with E-state index in [4.69, 9.17) is 5.73 Å². The maximum atomic E-state index is 12.4. The van der Waals surface area contributed by atoms with Gasteiger partial charge in [-0.1, -0.05) is 6.42 Å². The Morgan fingerprint density at radius 1 is 1.35 bits per heavy atom. The fourth-order valence-electron chi connectivity index (χ4n) is 3.48. The van der Waals surface area contributed by atoms with E-state index in [1.807, 2.05) is 16.5 Å². The molecule has 0 spiro atoms. The Hall–Kier alpha value is -0.940. The molecule has 110 valence electrons. The molecule has 2 atom stereocenters. The molecule has 1 saturated heterocycles. The highest BCUT2D eigenvalue weighted by Crippen LogP contribution is 2.31. The molecule has 3 rings (SSSR count). The maximum Gasteiger partial charge on any atom is 0.222 e. The highest BCUT2D eigenvalue weighted by molar-refractivity contribution is 7.09. The van der Waals surface area contributed by atoms with Crippen LogP contribution in [0.3, 0.4) is 0 Å². The minimum Gasteiger partial charge on any atom is -0.343 e. The van der Waals surface area contributed by atoms with Crippen molar-refractivity contribution < 1.29 is 4.79 Å². The number of carbonyl (C=O) groups excluding carboxylic acids is 1. The summed E-state index contributed by atoms with van der Waals surface area (Å²) in [5.41, 5.74) is 6.07. The molecule has 4 nitrogen and oxygen atoms in total. The highest BCUT2D eigenvalue weighted by atomic mass is 32.1. The molecule has 0 bridgehead atoms. The van der Waals surface area contributed by atoms with Gasteiger partial charge in [0.2, 0.25) is 5.91 Å². The lowest BCUT2D eigenvalue weighted by atomic mass is 9.95. The van der Waals surface area contributed by atoms with Gasteiger partial charge in [0.05, 0.1) is 5.01 Å². The van der Waals surface area contributed by atoms with Crippen molar-refractivity contribution in [3.05, 3.63) is 16.6 Å². The maximum absolute atomic E-state index is 12.4. The molecule has 1 aromatic heterocycles. The van der Waals surface area contributed by atoms with Gasteiger partial charge in [0.1, 0.15) is 0 Å². The van der Waals surface area contributed by atoms with Gasteiger partial charge in [-0.25, -0.2) is 4.98 Å². The summed E-state index contributed by atoms with van der Waals surface area (Å²) < 4.78 is 0. The predicted molar refractivity (Wildman–Crippen MR) is 80.6 cm³/mol. The van der Waals surface area contributed by atoms with Gasteiger partial charge in [0.15, 0.2) is 0 Å². The van der Waals surface area contributed by atoms with E-state index in [-0.39, 0.29) is 6.04 Å². The fraction of sp³-hybridized carbons (Fsp3) is 0.733. The molecule has 1 aliphatic carbocycles. The lowest BCUT2D eigenvalue weighted by Gasteiger charge is -2.32. The first-order valence-electron chi connectivity index (χ1n) is 7.67. The topological polar surface area (TPSA) is 59.2 Å². The van der Waals surface area contributed by atoms with Crippen molar-refractivity contribution in [3.63, 3.8) is 0 Å². The van der Waals surface area contributed by atoms with Crippen molar-refractivity contribution in [2.24, 2.45) is 11.7 Å². The summed E-state index contributed by atoms with van der Waals surface area (Å²) in [6.07, 6.45) is 8.03. The van der Waals surface area contributed by atoms with Crippen LogP contribution in [0.2, 0.25) is 0 Å². The van der Waals surface area contributed by atoms with Crippen molar-refractivity contribution in [1.29, 1.82) is 0 Å². The molecule has 0 radical (unpaired) electrons. The van der Waals surface area contributed by atoms with Crippen LogP contribution >= 0.6 is 11.3 Å². The second-order valence-corrected chi connectivity index (χ2v) is 7.01. The molecular formula is C15H23N3OS. The SMILES string of the molecule is N[C@@H]1CCC[C@H]1CC(=O)N1CCC(c2nccs2)CC1. The molecule has 1 aliphatic heterocycles.